The number of rotatable bonds is 6. The van der Waals surface area contributed by atoms with Crippen molar-refractivity contribution in [2.24, 2.45) is 0 Å². The number of nitrogens with one attached hydrogen (secondary N) is 1. The normalized spacial score (nSPS) is 13.1. The van der Waals surface area contributed by atoms with E-state index < -0.39 is 24.0 Å². The SMILES string of the molecule is CCC(C(=O)NC(C(=O)O)c1ccccc1)n1cc(Cl)ccc1=O. The second-order valence-electron chi connectivity index (χ2n) is 5.21. The molecule has 2 N–H and O–H groups in total. The summed E-state index contributed by atoms with van der Waals surface area (Å²) in [7, 11) is 0. The lowest BCUT2D eigenvalue weighted by molar-refractivity contribution is -0.142. The van der Waals surface area contributed by atoms with Crippen LogP contribution in [0.1, 0.15) is 31.0 Å². The van der Waals surface area contributed by atoms with Gasteiger partial charge in [-0.1, -0.05) is 48.9 Å². The number of nitrogens with zero attached hydrogens (tertiary/aromatic N) is 1. The number of carbonyl (C=O) groups excluding carboxylic acids is 1. The van der Waals surface area contributed by atoms with Crippen molar-refractivity contribution in [1.82, 2.24) is 9.88 Å². The van der Waals surface area contributed by atoms with Gasteiger partial charge in [-0.25, -0.2) is 4.79 Å². The van der Waals surface area contributed by atoms with Crippen LogP contribution in [0.3, 0.4) is 0 Å². The predicted octanol–water partition coefficient (Wildman–Crippen LogP) is 2.39. The molecule has 0 aliphatic carbocycles. The molecule has 0 spiro atoms. The van der Waals surface area contributed by atoms with Gasteiger partial charge in [0.15, 0.2) is 6.04 Å². The van der Waals surface area contributed by atoms with Crippen molar-refractivity contribution in [3.05, 3.63) is 69.6 Å². The quantitative estimate of drug-likeness (QED) is 0.839. The van der Waals surface area contributed by atoms with Crippen LogP contribution in [-0.2, 0) is 9.59 Å². The first kappa shape index (κ1) is 17.7. The first-order valence-electron chi connectivity index (χ1n) is 7.40. The third kappa shape index (κ3) is 4.02. The second kappa shape index (κ2) is 7.79. The number of aliphatic carboxylic acids is 1. The van der Waals surface area contributed by atoms with Gasteiger partial charge in [-0.3, -0.25) is 9.59 Å². The van der Waals surface area contributed by atoms with E-state index in [4.69, 9.17) is 11.6 Å². The van der Waals surface area contributed by atoms with Crippen molar-refractivity contribution in [2.75, 3.05) is 0 Å². The first-order valence-corrected chi connectivity index (χ1v) is 7.77. The van der Waals surface area contributed by atoms with E-state index in [-0.39, 0.29) is 5.56 Å². The maximum absolute atomic E-state index is 12.5. The molecule has 126 valence electrons. The van der Waals surface area contributed by atoms with Crippen molar-refractivity contribution in [1.29, 1.82) is 0 Å². The highest BCUT2D eigenvalue weighted by Crippen LogP contribution is 2.17. The number of hydrogen-bond donors (Lipinski definition) is 2. The minimum Gasteiger partial charge on any atom is -0.479 e. The Balaban J connectivity index is 2.29. The Labute approximate surface area is 143 Å². The van der Waals surface area contributed by atoms with E-state index in [0.29, 0.717) is 17.0 Å². The average Bonchev–Trinajstić information content (AvgIpc) is 2.57. The lowest BCUT2D eigenvalue weighted by Gasteiger charge is -2.21. The molecule has 6 nitrogen and oxygen atoms in total. The fourth-order valence-electron chi connectivity index (χ4n) is 2.40. The van der Waals surface area contributed by atoms with Gasteiger partial charge in [0.05, 0.1) is 5.02 Å². The van der Waals surface area contributed by atoms with Gasteiger partial charge in [0, 0.05) is 12.3 Å². The van der Waals surface area contributed by atoms with Gasteiger partial charge in [0.1, 0.15) is 6.04 Å². The van der Waals surface area contributed by atoms with Crippen LogP contribution in [0.4, 0.5) is 0 Å². The zero-order valence-corrected chi connectivity index (χ0v) is 13.7. The first-order chi connectivity index (χ1) is 11.4. The molecule has 2 aromatic rings. The van der Waals surface area contributed by atoms with Crippen LogP contribution in [0, 0.1) is 0 Å². The molecule has 2 unspecified atom stereocenters. The van der Waals surface area contributed by atoms with E-state index in [1.165, 1.54) is 22.9 Å². The Kier molecular flexibility index (Phi) is 5.76. The fraction of sp³-hybridized carbons (Fsp3) is 0.235. The molecule has 0 bridgehead atoms. The predicted molar refractivity (Wildman–Crippen MR) is 90.0 cm³/mol. The highest BCUT2D eigenvalue weighted by Gasteiger charge is 2.27. The average molecular weight is 349 g/mol. The molecule has 1 aromatic heterocycles. The molecule has 1 aromatic carbocycles. The van der Waals surface area contributed by atoms with Crippen molar-refractivity contribution in [2.45, 2.75) is 25.4 Å². The summed E-state index contributed by atoms with van der Waals surface area (Å²) < 4.78 is 1.21. The second-order valence-corrected chi connectivity index (χ2v) is 5.64. The molecular formula is C17H17ClN2O4. The van der Waals surface area contributed by atoms with Gasteiger partial charge >= 0.3 is 5.97 Å². The van der Waals surface area contributed by atoms with E-state index in [0.717, 1.165) is 0 Å². The number of pyridine rings is 1. The molecule has 2 atom stereocenters. The van der Waals surface area contributed by atoms with Gasteiger partial charge in [-0.05, 0) is 18.1 Å². The summed E-state index contributed by atoms with van der Waals surface area (Å²) in [5.74, 6) is -1.74. The number of halogens is 1. The van der Waals surface area contributed by atoms with Crippen LogP contribution in [0.25, 0.3) is 0 Å². The number of carboxylic acid groups (broad SMARTS) is 1. The lowest BCUT2D eigenvalue weighted by Crippen LogP contribution is -2.40. The van der Waals surface area contributed by atoms with Crippen molar-refractivity contribution in [3.63, 3.8) is 0 Å². The van der Waals surface area contributed by atoms with Crippen molar-refractivity contribution < 1.29 is 14.7 Å². The number of carbonyl (C=O) groups is 2. The Bertz CT molecular complexity index is 789. The Morgan fingerprint density at radius 3 is 2.46 bits per heavy atom. The monoisotopic (exact) mass is 348 g/mol. The van der Waals surface area contributed by atoms with E-state index in [1.54, 1.807) is 37.3 Å². The molecule has 7 heteroatoms. The van der Waals surface area contributed by atoms with Crippen LogP contribution in [-0.4, -0.2) is 21.6 Å². The number of hydrogen-bond acceptors (Lipinski definition) is 3. The summed E-state index contributed by atoms with van der Waals surface area (Å²) in [6.07, 6.45) is 1.68. The summed E-state index contributed by atoms with van der Waals surface area (Å²) in [5.41, 5.74) is 0.0691. The molecule has 24 heavy (non-hydrogen) atoms. The fourth-order valence-corrected chi connectivity index (χ4v) is 2.57. The number of benzene rings is 1. The Morgan fingerprint density at radius 1 is 1.21 bits per heavy atom. The molecule has 0 fully saturated rings. The zero-order chi connectivity index (χ0) is 17.7. The molecule has 0 saturated heterocycles. The Hall–Kier alpha value is -2.60. The van der Waals surface area contributed by atoms with Gasteiger partial charge in [0.25, 0.3) is 5.56 Å². The van der Waals surface area contributed by atoms with Crippen LogP contribution < -0.4 is 10.9 Å². The third-order valence-corrected chi connectivity index (χ3v) is 3.82. The van der Waals surface area contributed by atoms with Crippen LogP contribution in [0.15, 0.2) is 53.5 Å². The molecule has 0 aliphatic heterocycles. The highest BCUT2D eigenvalue weighted by molar-refractivity contribution is 6.30. The lowest BCUT2D eigenvalue weighted by atomic mass is 10.1. The van der Waals surface area contributed by atoms with E-state index in [1.807, 2.05) is 0 Å². The Morgan fingerprint density at radius 2 is 1.88 bits per heavy atom. The zero-order valence-electron chi connectivity index (χ0n) is 13.0. The third-order valence-electron chi connectivity index (χ3n) is 3.59. The maximum Gasteiger partial charge on any atom is 0.330 e. The topological polar surface area (TPSA) is 88.4 Å². The maximum atomic E-state index is 12.5. The molecule has 1 heterocycles. The summed E-state index contributed by atoms with van der Waals surface area (Å²) in [6.45, 7) is 1.73. The highest BCUT2D eigenvalue weighted by atomic mass is 35.5. The van der Waals surface area contributed by atoms with Crippen molar-refractivity contribution >= 4 is 23.5 Å². The summed E-state index contributed by atoms with van der Waals surface area (Å²) in [4.78, 5) is 36.0. The minimum atomic E-state index is -1.19. The molecule has 2 rings (SSSR count). The van der Waals surface area contributed by atoms with Crippen LogP contribution in [0.2, 0.25) is 5.02 Å². The molecular weight excluding hydrogens is 332 g/mol. The van der Waals surface area contributed by atoms with E-state index in [9.17, 15) is 19.5 Å². The summed E-state index contributed by atoms with van der Waals surface area (Å²) in [5, 5.41) is 12.2. The van der Waals surface area contributed by atoms with E-state index in [2.05, 4.69) is 5.32 Å². The summed E-state index contributed by atoms with van der Waals surface area (Å²) in [6, 6.07) is 9.04. The van der Waals surface area contributed by atoms with Crippen LogP contribution >= 0.6 is 11.6 Å². The smallest absolute Gasteiger partial charge is 0.330 e. The van der Waals surface area contributed by atoms with Gasteiger partial charge in [0.2, 0.25) is 5.91 Å². The van der Waals surface area contributed by atoms with Crippen molar-refractivity contribution in [3.8, 4) is 0 Å². The number of aromatic nitrogens is 1. The standard InChI is InChI=1S/C17H17ClN2O4/c1-2-13(20-10-12(18)8-9-14(20)21)16(22)19-15(17(23)24)11-6-4-3-5-7-11/h3-10,13,15H,2H2,1H3,(H,19,22)(H,23,24). The van der Waals surface area contributed by atoms with E-state index >= 15 is 0 Å². The largest absolute Gasteiger partial charge is 0.479 e. The minimum absolute atomic E-state index is 0.313. The van der Waals surface area contributed by atoms with Gasteiger partial charge in [-0.15, -0.1) is 0 Å². The van der Waals surface area contributed by atoms with Crippen LogP contribution in [0.5, 0.6) is 0 Å². The molecule has 1 amide bonds. The molecule has 0 saturated carbocycles. The molecule has 0 radical (unpaired) electrons. The molecule has 0 aliphatic rings. The number of carboxylic acids is 1. The number of amides is 1. The summed E-state index contributed by atoms with van der Waals surface area (Å²) >= 11 is 5.89. The van der Waals surface area contributed by atoms with Gasteiger partial charge in [-0.2, -0.15) is 0 Å². The van der Waals surface area contributed by atoms with Gasteiger partial charge < -0.3 is 15.0 Å².